The van der Waals surface area contributed by atoms with Crippen molar-refractivity contribution in [3.63, 3.8) is 0 Å². The van der Waals surface area contributed by atoms with Crippen LogP contribution in [0.5, 0.6) is 0 Å². The molecule has 0 saturated carbocycles. The molecule has 0 aromatic rings. The van der Waals surface area contributed by atoms with Gasteiger partial charge in [-0.3, -0.25) is 0 Å². The van der Waals surface area contributed by atoms with Gasteiger partial charge in [-0.15, -0.1) is 6.58 Å². The van der Waals surface area contributed by atoms with Crippen LogP contribution in [0.4, 0.5) is 0 Å². The second kappa shape index (κ2) is 5.37. The van der Waals surface area contributed by atoms with Gasteiger partial charge in [-0.1, -0.05) is 6.08 Å². The SMILES string of the molecule is C=CCC(NC)C1CN(C)CCO1. The lowest BCUT2D eigenvalue weighted by Gasteiger charge is -2.34. The monoisotopic (exact) mass is 184 g/mol. The fourth-order valence-electron chi connectivity index (χ4n) is 1.69. The molecule has 0 aromatic carbocycles. The summed E-state index contributed by atoms with van der Waals surface area (Å²) in [5, 5.41) is 3.27. The van der Waals surface area contributed by atoms with E-state index in [9.17, 15) is 0 Å². The van der Waals surface area contributed by atoms with Crippen molar-refractivity contribution < 1.29 is 4.74 Å². The maximum atomic E-state index is 5.70. The van der Waals surface area contributed by atoms with Gasteiger partial charge in [0.2, 0.25) is 0 Å². The number of morpholine rings is 1. The Labute approximate surface area is 80.8 Å². The molecule has 0 aromatic heterocycles. The average molecular weight is 184 g/mol. The average Bonchev–Trinajstić information content (AvgIpc) is 2.14. The maximum absolute atomic E-state index is 5.70. The lowest BCUT2D eigenvalue weighted by atomic mass is 10.1. The lowest BCUT2D eigenvalue weighted by Crippen LogP contribution is -2.50. The summed E-state index contributed by atoms with van der Waals surface area (Å²) in [7, 11) is 4.11. The van der Waals surface area contributed by atoms with Crippen LogP contribution in [-0.2, 0) is 4.74 Å². The van der Waals surface area contributed by atoms with Gasteiger partial charge in [0.05, 0.1) is 12.7 Å². The molecule has 2 atom stereocenters. The predicted molar refractivity (Wildman–Crippen MR) is 54.9 cm³/mol. The van der Waals surface area contributed by atoms with Gasteiger partial charge in [-0.2, -0.15) is 0 Å². The van der Waals surface area contributed by atoms with E-state index in [1.165, 1.54) is 0 Å². The Kier molecular flexibility index (Phi) is 4.42. The Morgan fingerprint density at radius 1 is 1.77 bits per heavy atom. The van der Waals surface area contributed by atoms with Crippen molar-refractivity contribution in [2.45, 2.75) is 18.6 Å². The van der Waals surface area contributed by atoms with Crippen molar-refractivity contribution in [1.29, 1.82) is 0 Å². The molecule has 3 heteroatoms. The summed E-state index contributed by atoms with van der Waals surface area (Å²) in [6.07, 6.45) is 3.22. The molecule has 1 rings (SSSR count). The summed E-state index contributed by atoms with van der Waals surface area (Å²) in [5.74, 6) is 0. The van der Waals surface area contributed by atoms with Crippen LogP contribution in [0.25, 0.3) is 0 Å². The van der Waals surface area contributed by atoms with Crippen molar-refractivity contribution in [2.24, 2.45) is 0 Å². The molecule has 0 spiro atoms. The first-order valence-electron chi connectivity index (χ1n) is 4.86. The summed E-state index contributed by atoms with van der Waals surface area (Å²) in [6, 6.07) is 0.403. The summed E-state index contributed by atoms with van der Waals surface area (Å²) in [4.78, 5) is 2.31. The minimum absolute atomic E-state index is 0.307. The van der Waals surface area contributed by atoms with Gasteiger partial charge in [-0.25, -0.2) is 0 Å². The smallest absolute Gasteiger partial charge is 0.0858 e. The van der Waals surface area contributed by atoms with Gasteiger partial charge in [0.25, 0.3) is 0 Å². The van der Waals surface area contributed by atoms with Crippen molar-refractivity contribution in [3.05, 3.63) is 12.7 Å². The Morgan fingerprint density at radius 2 is 2.54 bits per heavy atom. The highest BCUT2D eigenvalue weighted by atomic mass is 16.5. The fourth-order valence-corrected chi connectivity index (χ4v) is 1.69. The van der Waals surface area contributed by atoms with E-state index in [0.717, 1.165) is 26.1 Å². The summed E-state index contributed by atoms with van der Waals surface area (Å²) in [6.45, 7) is 6.65. The first-order chi connectivity index (χ1) is 6.27. The number of nitrogens with one attached hydrogen (secondary N) is 1. The normalized spacial score (nSPS) is 27.1. The standard InChI is InChI=1S/C10H20N2O/c1-4-5-9(11-2)10-8-12(3)6-7-13-10/h4,9-11H,1,5-8H2,2-3H3. The van der Waals surface area contributed by atoms with Crippen molar-refractivity contribution in [3.8, 4) is 0 Å². The topological polar surface area (TPSA) is 24.5 Å². The van der Waals surface area contributed by atoms with Crippen LogP contribution in [0.2, 0.25) is 0 Å². The number of hydrogen-bond acceptors (Lipinski definition) is 3. The van der Waals surface area contributed by atoms with Gasteiger partial charge in [0, 0.05) is 19.1 Å². The quantitative estimate of drug-likeness (QED) is 0.643. The summed E-state index contributed by atoms with van der Waals surface area (Å²) in [5.41, 5.74) is 0. The third kappa shape index (κ3) is 3.10. The summed E-state index contributed by atoms with van der Waals surface area (Å²) < 4.78 is 5.70. The molecular formula is C10H20N2O. The van der Waals surface area contributed by atoms with E-state index < -0.39 is 0 Å². The minimum atomic E-state index is 0.307. The Balaban J connectivity index is 2.42. The van der Waals surface area contributed by atoms with Gasteiger partial charge in [-0.05, 0) is 20.5 Å². The van der Waals surface area contributed by atoms with Crippen molar-refractivity contribution in [1.82, 2.24) is 10.2 Å². The van der Waals surface area contributed by atoms with Crippen LogP contribution in [-0.4, -0.2) is 50.8 Å². The highest BCUT2D eigenvalue weighted by Gasteiger charge is 2.24. The van der Waals surface area contributed by atoms with Gasteiger partial charge in [0.15, 0.2) is 0 Å². The Morgan fingerprint density at radius 3 is 3.08 bits per heavy atom. The zero-order valence-corrected chi connectivity index (χ0v) is 8.62. The van der Waals surface area contributed by atoms with Crippen LogP contribution in [0.3, 0.4) is 0 Å². The van der Waals surface area contributed by atoms with Gasteiger partial charge >= 0.3 is 0 Å². The van der Waals surface area contributed by atoms with E-state index in [4.69, 9.17) is 4.74 Å². The zero-order valence-electron chi connectivity index (χ0n) is 8.62. The molecule has 13 heavy (non-hydrogen) atoms. The minimum Gasteiger partial charge on any atom is -0.374 e. The second-order valence-electron chi connectivity index (χ2n) is 3.59. The largest absolute Gasteiger partial charge is 0.374 e. The van der Waals surface area contributed by atoms with Gasteiger partial charge in [0.1, 0.15) is 0 Å². The third-order valence-corrected chi connectivity index (χ3v) is 2.54. The van der Waals surface area contributed by atoms with Crippen LogP contribution < -0.4 is 5.32 Å². The highest BCUT2D eigenvalue weighted by Crippen LogP contribution is 2.10. The van der Waals surface area contributed by atoms with Crippen LogP contribution in [0.1, 0.15) is 6.42 Å². The molecule has 3 nitrogen and oxygen atoms in total. The van der Waals surface area contributed by atoms with Crippen LogP contribution in [0.15, 0.2) is 12.7 Å². The van der Waals surface area contributed by atoms with E-state index in [2.05, 4.69) is 23.8 Å². The lowest BCUT2D eigenvalue weighted by molar-refractivity contribution is -0.0367. The Bertz CT molecular complexity index is 161. The fraction of sp³-hybridized carbons (Fsp3) is 0.800. The third-order valence-electron chi connectivity index (χ3n) is 2.54. The Hall–Kier alpha value is -0.380. The molecule has 76 valence electrons. The summed E-state index contributed by atoms with van der Waals surface area (Å²) >= 11 is 0. The van der Waals surface area contributed by atoms with Crippen LogP contribution >= 0.6 is 0 Å². The maximum Gasteiger partial charge on any atom is 0.0858 e. The molecule has 0 aliphatic carbocycles. The molecule has 0 amide bonds. The molecule has 0 bridgehead atoms. The van der Waals surface area contributed by atoms with E-state index in [1.807, 2.05) is 13.1 Å². The van der Waals surface area contributed by atoms with Crippen molar-refractivity contribution >= 4 is 0 Å². The molecular weight excluding hydrogens is 164 g/mol. The van der Waals surface area contributed by atoms with Gasteiger partial charge < -0.3 is 15.0 Å². The number of nitrogens with zero attached hydrogens (tertiary/aromatic N) is 1. The molecule has 2 unspecified atom stereocenters. The van der Waals surface area contributed by atoms with E-state index in [-0.39, 0.29) is 0 Å². The van der Waals surface area contributed by atoms with E-state index in [1.54, 1.807) is 0 Å². The first-order valence-corrected chi connectivity index (χ1v) is 4.86. The number of likely N-dealkylation sites (N-methyl/N-ethyl adjacent to an activating group) is 2. The van der Waals surface area contributed by atoms with E-state index in [0.29, 0.717) is 12.1 Å². The van der Waals surface area contributed by atoms with E-state index >= 15 is 0 Å². The highest BCUT2D eigenvalue weighted by molar-refractivity contribution is 4.86. The molecule has 1 N–H and O–H groups in total. The van der Waals surface area contributed by atoms with Crippen molar-refractivity contribution in [2.75, 3.05) is 33.8 Å². The molecule has 1 aliphatic heterocycles. The number of rotatable bonds is 4. The molecule has 1 aliphatic rings. The zero-order chi connectivity index (χ0) is 9.68. The number of hydrogen-bond donors (Lipinski definition) is 1. The molecule has 1 saturated heterocycles. The molecule has 1 fully saturated rings. The first kappa shape index (κ1) is 10.7. The molecule has 1 heterocycles. The second-order valence-corrected chi connectivity index (χ2v) is 3.59. The molecule has 0 radical (unpaired) electrons. The number of ether oxygens (including phenoxy) is 1. The van der Waals surface area contributed by atoms with Crippen LogP contribution in [0, 0.1) is 0 Å². The predicted octanol–water partition coefficient (Wildman–Crippen LogP) is 0.481.